The van der Waals surface area contributed by atoms with E-state index in [0.717, 1.165) is 24.9 Å². The van der Waals surface area contributed by atoms with Crippen LogP contribution in [0.15, 0.2) is 0 Å². The lowest BCUT2D eigenvalue weighted by molar-refractivity contribution is 0.122. The van der Waals surface area contributed by atoms with Gasteiger partial charge in [-0.1, -0.05) is 89.9 Å². The number of hydrogen-bond acceptors (Lipinski definition) is 6. The first-order valence-corrected chi connectivity index (χ1v) is 16.7. The molecule has 0 saturated heterocycles. The molecule has 0 rings (SSSR count). The molecule has 0 aromatic rings. The summed E-state index contributed by atoms with van der Waals surface area (Å²) in [5, 5.41) is 0. The Kier molecular flexibility index (Phi) is 21.8. The second-order valence-electron chi connectivity index (χ2n) is 8.75. The highest BCUT2D eigenvalue weighted by Gasteiger charge is 2.37. The highest BCUT2D eigenvalue weighted by molar-refractivity contribution is 6.60. The van der Waals surface area contributed by atoms with Gasteiger partial charge in [0.1, 0.15) is 0 Å². The molecule has 0 N–H and O–H groups in total. The Bertz CT molecular complexity index is 340. The largest absolute Gasteiger partial charge is 0.500 e. The van der Waals surface area contributed by atoms with Crippen LogP contribution in [0.2, 0.25) is 12.1 Å². The van der Waals surface area contributed by atoms with Gasteiger partial charge in [-0.2, -0.15) is 0 Å². The van der Waals surface area contributed by atoms with Gasteiger partial charge in [0.15, 0.2) is 0 Å². The average molecular weight is 495 g/mol. The van der Waals surface area contributed by atoms with Gasteiger partial charge in [-0.15, -0.1) is 0 Å². The van der Waals surface area contributed by atoms with Crippen LogP contribution in [0.25, 0.3) is 0 Å². The summed E-state index contributed by atoms with van der Waals surface area (Å²) in [6.07, 6.45) is 21.2. The summed E-state index contributed by atoms with van der Waals surface area (Å²) >= 11 is 0. The van der Waals surface area contributed by atoms with Crippen LogP contribution in [0.5, 0.6) is 0 Å². The van der Waals surface area contributed by atoms with Crippen LogP contribution < -0.4 is 0 Å². The molecule has 194 valence electrons. The lowest BCUT2D eigenvalue weighted by atomic mass is 10.0. The maximum absolute atomic E-state index is 5.47. The van der Waals surface area contributed by atoms with E-state index in [1.807, 2.05) is 0 Å². The minimum atomic E-state index is -2.35. The summed E-state index contributed by atoms with van der Waals surface area (Å²) in [6.45, 7) is 0. The number of hydrogen-bond donors (Lipinski definition) is 0. The predicted molar refractivity (Wildman–Crippen MR) is 137 cm³/mol. The van der Waals surface area contributed by atoms with Crippen molar-refractivity contribution in [2.45, 2.75) is 115 Å². The Balaban J connectivity index is 3.33. The summed E-state index contributed by atoms with van der Waals surface area (Å²) in [6, 6.07) is 1.85. The average Bonchev–Trinajstić information content (AvgIpc) is 2.84. The molecule has 0 saturated carbocycles. The minimum Gasteiger partial charge on any atom is -0.377 e. The van der Waals surface area contributed by atoms with E-state index in [9.17, 15) is 0 Å². The second-order valence-corrected chi connectivity index (χ2v) is 14.9. The van der Waals surface area contributed by atoms with Gasteiger partial charge in [0.05, 0.1) is 0 Å². The summed E-state index contributed by atoms with van der Waals surface area (Å²) in [5.74, 6) is 0. The fourth-order valence-electron chi connectivity index (χ4n) is 4.27. The minimum absolute atomic E-state index is 0.925. The third-order valence-corrected chi connectivity index (χ3v) is 12.2. The van der Waals surface area contributed by atoms with Crippen molar-refractivity contribution < 1.29 is 26.6 Å². The normalized spacial score (nSPS) is 12.6. The zero-order chi connectivity index (χ0) is 24.0. The van der Waals surface area contributed by atoms with Crippen LogP contribution in [0.1, 0.15) is 103 Å². The maximum Gasteiger partial charge on any atom is 0.500 e. The molecule has 0 bridgehead atoms. The topological polar surface area (TPSA) is 55.4 Å². The van der Waals surface area contributed by atoms with Crippen LogP contribution in [0, 0.1) is 0 Å². The third kappa shape index (κ3) is 15.2. The van der Waals surface area contributed by atoms with Crippen molar-refractivity contribution in [3.05, 3.63) is 0 Å². The van der Waals surface area contributed by atoms with E-state index in [2.05, 4.69) is 0 Å². The van der Waals surface area contributed by atoms with E-state index >= 15 is 0 Å². The SMILES string of the molecule is CO[Si](CCCCCCCCCCCCCCCCCC[Si](OC)(OC)OC)(OC)OC. The Morgan fingerprint density at radius 1 is 0.281 bits per heavy atom. The van der Waals surface area contributed by atoms with Crippen molar-refractivity contribution in [2.75, 3.05) is 42.7 Å². The standard InChI is InChI=1S/C24H54O6Si2/c1-25-31(26-2,27-3)23-21-19-17-15-13-11-9-7-8-10-12-14-16-18-20-22-24-32(28-4,29-5)30-6/h7-24H2,1-6H3. The summed E-state index contributed by atoms with van der Waals surface area (Å²) in [7, 11) is 5.47. The molecular weight excluding hydrogens is 440 g/mol. The van der Waals surface area contributed by atoms with E-state index in [0.29, 0.717) is 0 Å². The van der Waals surface area contributed by atoms with Crippen LogP contribution >= 0.6 is 0 Å². The van der Waals surface area contributed by atoms with Crippen molar-refractivity contribution in [1.29, 1.82) is 0 Å². The van der Waals surface area contributed by atoms with Crippen LogP contribution in [0.3, 0.4) is 0 Å². The summed E-state index contributed by atoms with van der Waals surface area (Å²) in [4.78, 5) is 0. The van der Waals surface area contributed by atoms with Gasteiger partial charge >= 0.3 is 17.6 Å². The van der Waals surface area contributed by atoms with E-state index in [1.165, 1.54) is 89.9 Å². The van der Waals surface area contributed by atoms with Crippen molar-refractivity contribution in [3.8, 4) is 0 Å². The molecule has 0 aromatic carbocycles. The van der Waals surface area contributed by atoms with Crippen LogP contribution in [-0.2, 0) is 26.6 Å². The molecule has 0 aliphatic rings. The van der Waals surface area contributed by atoms with Crippen LogP contribution in [-0.4, -0.2) is 60.3 Å². The lowest BCUT2D eigenvalue weighted by Crippen LogP contribution is -2.42. The zero-order valence-electron chi connectivity index (χ0n) is 22.2. The van der Waals surface area contributed by atoms with E-state index in [4.69, 9.17) is 26.6 Å². The van der Waals surface area contributed by atoms with Gasteiger partial charge in [-0.3, -0.25) is 0 Å². The van der Waals surface area contributed by atoms with Gasteiger partial charge in [0.25, 0.3) is 0 Å². The summed E-state index contributed by atoms with van der Waals surface area (Å²) < 4.78 is 32.8. The first-order chi connectivity index (χ1) is 15.6. The monoisotopic (exact) mass is 494 g/mol. The Labute approximate surface area is 201 Å². The quantitative estimate of drug-likeness (QED) is 0.101. The Hall–Kier alpha value is 0.194. The number of unbranched alkanes of at least 4 members (excludes halogenated alkanes) is 15. The molecule has 0 aliphatic heterocycles. The molecule has 0 amide bonds. The number of rotatable bonds is 25. The molecule has 0 atom stereocenters. The smallest absolute Gasteiger partial charge is 0.377 e. The zero-order valence-corrected chi connectivity index (χ0v) is 24.2. The van der Waals surface area contributed by atoms with E-state index in [-0.39, 0.29) is 0 Å². The highest BCUT2D eigenvalue weighted by atomic mass is 28.4. The molecule has 0 aliphatic carbocycles. The van der Waals surface area contributed by atoms with Crippen molar-refractivity contribution in [2.24, 2.45) is 0 Å². The van der Waals surface area contributed by atoms with Gasteiger partial charge in [-0.25, -0.2) is 0 Å². The fraction of sp³-hybridized carbons (Fsp3) is 1.00. The first kappa shape index (κ1) is 32.2. The van der Waals surface area contributed by atoms with Gasteiger partial charge in [-0.05, 0) is 12.8 Å². The fourth-order valence-corrected chi connectivity index (χ4v) is 7.86. The molecule has 0 unspecified atom stereocenters. The molecule has 0 fully saturated rings. The Morgan fingerprint density at radius 2 is 0.438 bits per heavy atom. The molecule has 6 nitrogen and oxygen atoms in total. The molecule has 32 heavy (non-hydrogen) atoms. The summed E-state index contributed by atoms with van der Waals surface area (Å²) in [5.41, 5.74) is 0. The van der Waals surface area contributed by atoms with Crippen molar-refractivity contribution >= 4 is 17.6 Å². The van der Waals surface area contributed by atoms with Gasteiger partial charge < -0.3 is 26.6 Å². The predicted octanol–water partition coefficient (Wildman–Crippen LogP) is 6.98. The lowest BCUT2D eigenvalue weighted by Gasteiger charge is -2.24. The van der Waals surface area contributed by atoms with E-state index < -0.39 is 17.6 Å². The van der Waals surface area contributed by atoms with Crippen molar-refractivity contribution in [1.82, 2.24) is 0 Å². The van der Waals surface area contributed by atoms with E-state index in [1.54, 1.807) is 42.7 Å². The second kappa shape index (κ2) is 21.7. The van der Waals surface area contributed by atoms with Crippen LogP contribution in [0.4, 0.5) is 0 Å². The first-order valence-electron chi connectivity index (χ1n) is 12.9. The highest BCUT2D eigenvalue weighted by Crippen LogP contribution is 2.20. The molecule has 0 aromatic heterocycles. The third-order valence-electron chi connectivity index (χ3n) is 6.58. The molecule has 8 heteroatoms. The van der Waals surface area contributed by atoms with Gasteiger partial charge in [0, 0.05) is 54.7 Å². The molecule has 0 spiro atoms. The molecule has 0 heterocycles. The molecule has 0 radical (unpaired) electrons. The molecular formula is C24H54O6Si2. The Morgan fingerprint density at radius 3 is 0.594 bits per heavy atom. The van der Waals surface area contributed by atoms with Crippen molar-refractivity contribution in [3.63, 3.8) is 0 Å². The van der Waals surface area contributed by atoms with Gasteiger partial charge in [0.2, 0.25) is 0 Å². The maximum atomic E-state index is 5.47.